The van der Waals surface area contributed by atoms with Crippen molar-refractivity contribution in [3.63, 3.8) is 0 Å². The second kappa shape index (κ2) is 9.54. The number of fused-ring (bicyclic) bond motifs is 1. The minimum Gasteiger partial charge on any atom is -0.343 e. The molecule has 0 bridgehead atoms. The topological polar surface area (TPSA) is 18.8 Å². The molecular weight excluding hydrogens is 282 g/mol. The van der Waals surface area contributed by atoms with Crippen molar-refractivity contribution in [2.75, 3.05) is 32.7 Å². The Kier molecular flexibility index (Phi) is 7.09. The lowest BCUT2D eigenvalue weighted by Crippen LogP contribution is -2.52. The molecule has 2 heterocycles. The molecule has 1 saturated carbocycles. The van der Waals surface area contributed by atoms with Crippen LogP contribution in [0.3, 0.4) is 0 Å². The van der Waals surface area contributed by atoms with Crippen molar-refractivity contribution in [1.29, 1.82) is 0 Å². The quantitative estimate of drug-likeness (QED) is 0.749. The minimum atomic E-state index is 1.00. The molecule has 3 rings (SSSR count). The van der Waals surface area contributed by atoms with Crippen molar-refractivity contribution in [3.05, 3.63) is 0 Å². The fourth-order valence-corrected chi connectivity index (χ4v) is 4.67. The summed E-state index contributed by atoms with van der Waals surface area (Å²) in [6, 6.07) is 0. The fourth-order valence-electron chi connectivity index (χ4n) is 4.67. The molecule has 3 nitrogen and oxygen atoms in total. The summed E-state index contributed by atoms with van der Waals surface area (Å²) in [6.45, 7) is 5.99. The third-order valence-electron chi connectivity index (χ3n) is 6.03. The zero-order valence-corrected chi connectivity index (χ0v) is 15.1. The third kappa shape index (κ3) is 5.39. The maximum atomic E-state index is 4.82. The Morgan fingerprint density at radius 1 is 0.783 bits per heavy atom. The summed E-state index contributed by atoms with van der Waals surface area (Å²) in [4.78, 5) is 9.93. The number of hydrogen-bond acceptors (Lipinski definition) is 3. The lowest BCUT2D eigenvalue weighted by atomic mass is 9.89. The number of hydrogen-bond donors (Lipinski definition) is 0. The van der Waals surface area contributed by atoms with Crippen molar-refractivity contribution in [3.8, 4) is 0 Å². The van der Waals surface area contributed by atoms with Crippen LogP contribution in [0.4, 0.5) is 0 Å². The van der Waals surface area contributed by atoms with Crippen molar-refractivity contribution in [2.45, 2.75) is 83.5 Å². The van der Waals surface area contributed by atoms with E-state index in [0.29, 0.717) is 0 Å². The summed E-state index contributed by atoms with van der Waals surface area (Å²) in [6.07, 6.45) is 18.8. The Morgan fingerprint density at radius 3 is 2.26 bits per heavy atom. The van der Waals surface area contributed by atoms with Gasteiger partial charge in [0.15, 0.2) is 5.96 Å². The molecule has 23 heavy (non-hydrogen) atoms. The molecule has 1 aliphatic carbocycles. The van der Waals surface area contributed by atoms with Gasteiger partial charge in [-0.15, -0.1) is 0 Å². The van der Waals surface area contributed by atoms with E-state index in [0.717, 1.165) is 12.5 Å². The van der Waals surface area contributed by atoms with E-state index in [-0.39, 0.29) is 0 Å². The molecule has 0 atom stereocenters. The summed E-state index contributed by atoms with van der Waals surface area (Å²) >= 11 is 0. The van der Waals surface area contributed by atoms with Gasteiger partial charge in [-0.2, -0.15) is 0 Å². The van der Waals surface area contributed by atoms with Crippen LogP contribution < -0.4 is 0 Å². The van der Waals surface area contributed by atoms with Crippen LogP contribution in [0.1, 0.15) is 83.5 Å². The first-order valence-electron chi connectivity index (χ1n) is 10.5. The van der Waals surface area contributed by atoms with Crippen LogP contribution in [-0.4, -0.2) is 48.5 Å². The maximum absolute atomic E-state index is 4.82. The molecule has 0 aromatic heterocycles. The molecule has 3 aliphatic rings. The summed E-state index contributed by atoms with van der Waals surface area (Å²) < 4.78 is 0. The first-order valence-corrected chi connectivity index (χ1v) is 10.5. The van der Waals surface area contributed by atoms with Gasteiger partial charge in [-0.1, -0.05) is 57.8 Å². The van der Waals surface area contributed by atoms with Gasteiger partial charge in [-0.25, -0.2) is 0 Å². The van der Waals surface area contributed by atoms with Crippen LogP contribution in [0.25, 0.3) is 0 Å². The first kappa shape index (κ1) is 17.1. The third-order valence-corrected chi connectivity index (χ3v) is 6.03. The Balaban J connectivity index is 1.41. The Bertz CT molecular complexity index is 356. The maximum Gasteiger partial charge on any atom is 0.196 e. The average molecular weight is 320 g/mol. The summed E-state index contributed by atoms with van der Waals surface area (Å²) in [5.74, 6) is 2.33. The number of aliphatic imine (C=N–C) groups is 1. The van der Waals surface area contributed by atoms with Gasteiger partial charge in [-0.3, -0.25) is 4.99 Å². The van der Waals surface area contributed by atoms with Crippen molar-refractivity contribution < 1.29 is 0 Å². The largest absolute Gasteiger partial charge is 0.343 e. The molecular formula is C20H37N3. The monoisotopic (exact) mass is 319 g/mol. The van der Waals surface area contributed by atoms with E-state index in [2.05, 4.69) is 9.80 Å². The van der Waals surface area contributed by atoms with Crippen LogP contribution >= 0.6 is 0 Å². The molecule has 132 valence electrons. The highest BCUT2D eigenvalue weighted by atomic mass is 15.4. The second-order valence-corrected chi connectivity index (χ2v) is 7.92. The van der Waals surface area contributed by atoms with E-state index in [1.807, 2.05) is 0 Å². The molecule has 0 amide bonds. The highest BCUT2D eigenvalue weighted by Gasteiger charge is 2.25. The Morgan fingerprint density at radius 2 is 1.48 bits per heavy atom. The molecule has 0 aromatic carbocycles. The van der Waals surface area contributed by atoms with Gasteiger partial charge in [0.05, 0.1) is 0 Å². The zero-order chi connectivity index (χ0) is 15.7. The summed E-state index contributed by atoms with van der Waals surface area (Å²) in [5.41, 5.74) is 0. The van der Waals surface area contributed by atoms with E-state index < -0.39 is 0 Å². The molecule has 0 aromatic rings. The highest BCUT2D eigenvalue weighted by Crippen LogP contribution is 2.25. The molecule has 3 heteroatoms. The molecule has 0 spiro atoms. The van der Waals surface area contributed by atoms with Gasteiger partial charge in [-0.05, 0) is 31.6 Å². The summed E-state index contributed by atoms with van der Waals surface area (Å²) in [5, 5.41) is 0. The predicted molar refractivity (Wildman–Crippen MR) is 99.0 cm³/mol. The molecule has 2 aliphatic heterocycles. The number of rotatable bonds is 4. The van der Waals surface area contributed by atoms with E-state index in [4.69, 9.17) is 4.99 Å². The molecule has 1 saturated heterocycles. The van der Waals surface area contributed by atoms with Gasteiger partial charge in [0.1, 0.15) is 0 Å². The standard InChI is InChI=1S/C20H37N3/c1-2-4-6-11-19(12-7-5-3-1)13-8-15-22-17-10-18-23-16-9-14-21-20(22)23/h19H,1-18H2. The number of guanidine groups is 1. The first-order chi connectivity index (χ1) is 11.4. The fraction of sp³-hybridized carbons (Fsp3) is 0.950. The van der Waals surface area contributed by atoms with Gasteiger partial charge >= 0.3 is 0 Å². The molecule has 2 fully saturated rings. The van der Waals surface area contributed by atoms with Crippen molar-refractivity contribution in [1.82, 2.24) is 9.80 Å². The Labute approximate surface area is 143 Å². The predicted octanol–water partition coefficient (Wildman–Crippen LogP) is 4.67. The lowest BCUT2D eigenvalue weighted by molar-refractivity contribution is 0.235. The van der Waals surface area contributed by atoms with E-state index in [1.54, 1.807) is 0 Å². The second-order valence-electron chi connectivity index (χ2n) is 7.92. The lowest BCUT2D eigenvalue weighted by Gasteiger charge is -2.41. The average Bonchev–Trinajstić information content (AvgIpc) is 2.60. The zero-order valence-electron chi connectivity index (χ0n) is 15.1. The summed E-state index contributed by atoms with van der Waals surface area (Å²) in [7, 11) is 0. The van der Waals surface area contributed by atoms with Crippen LogP contribution in [0.5, 0.6) is 0 Å². The smallest absolute Gasteiger partial charge is 0.196 e. The van der Waals surface area contributed by atoms with Crippen LogP contribution in [-0.2, 0) is 0 Å². The van der Waals surface area contributed by atoms with Crippen LogP contribution in [0.2, 0.25) is 0 Å². The number of nitrogens with zero attached hydrogens (tertiary/aromatic N) is 3. The SMILES string of the molecule is C1CCCCC(CCCN2CCCN3CCCN=C32)CCCC1. The van der Waals surface area contributed by atoms with Crippen molar-refractivity contribution in [2.24, 2.45) is 10.9 Å². The van der Waals surface area contributed by atoms with Gasteiger partial charge < -0.3 is 9.80 Å². The van der Waals surface area contributed by atoms with E-state index in [1.165, 1.54) is 116 Å². The van der Waals surface area contributed by atoms with Crippen molar-refractivity contribution >= 4 is 5.96 Å². The van der Waals surface area contributed by atoms with Gasteiger partial charge in [0.25, 0.3) is 0 Å². The van der Waals surface area contributed by atoms with Gasteiger partial charge in [0, 0.05) is 32.7 Å². The van der Waals surface area contributed by atoms with Gasteiger partial charge in [0.2, 0.25) is 0 Å². The molecule has 0 unspecified atom stereocenters. The minimum absolute atomic E-state index is 1.00. The Hall–Kier alpha value is -0.730. The van der Waals surface area contributed by atoms with E-state index >= 15 is 0 Å². The van der Waals surface area contributed by atoms with Crippen LogP contribution in [0.15, 0.2) is 4.99 Å². The molecule has 0 radical (unpaired) electrons. The van der Waals surface area contributed by atoms with Crippen LogP contribution in [0, 0.1) is 5.92 Å². The highest BCUT2D eigenvalue weighted by molar-refractivity contribution is 5.81. The normalized spacial score (nSPS) is 25.0. The molecule has 0 N–H and O–H groups in total. The van der Waals surface area contributed by atoms with E-state index in [9.17, 15) is 0 Å².